The Labute approximate surface area is 108 Å². The van der Waals surface area contributed by atoms with Crippen LogP contribution in [0.4, 0.5) is 5.69 Å². The van der Waals surface area contributed by atoms with Gasteiger partial charge in [-0.2, -0.15) is 5.10 Å². The van der Waals surface area contributed by atoms with Crippen LogP contribution in [0.5, 0.6) is 0 Å². The van der Waals surface area contributed by atoms with Gasteiger partial charge in [-0.05, 0) is 19.3 Å². The van der Waals surface area contributed by atoms with Gasteiger partial charge in [0.1, 0.15) is 0 Å². The lowest BCUT2D eigenvalue weighted by atomic mass is 10.2. The van der Waals surface area contributed by atoms with Crippen molar-refractivity contribution in [1.82, 2.24) is 15.1 Å². The number of nitrogens with one attached hydrogen (secondary N) is 1. The summed E-state index contributed by atoms with van der Waals surface area (Å²) in [7, 11) is 1.72. The quantitative estimate of drug-likeness (QED) is 0.813. The van der Waals surface area contributed by atoms with Crippen molar-refractivity contribution in [3.8, 4) is 0 Å². The Morgan fingerprint density at radius 3 is 3.06 bits per heavy atom. The van der Waals surface area contributed by atoms with Gasteiger partial charge in [0.05, 0.1) is 25.0 Å². The number of ether oxygens (including phenoxy) is 1. The van der Waals surface area contributed by atoms with Crippen molar-refractivity contribution in [1.29, 1.82) is 0 Å². The molecule has 1 atom stereocenters. The normalized spacial score (nSPS) is 23.8. The maximum atomic E-state index is 5.06. The zero-order valence-corrected chi connectivity index (χ0v) is 11.0. The molecule has 1 saturated carbocycles. The molecule has 1 saturated heterocycles. The molecule has 2 aliphatic rings. The van der Waals surface area contributed by atoms with Crippen molar-refractivity contribution in [3.05, 3.63) is 12.4 Å². The molecule has 2 heterocycles. The van der Waals surface area contributed by atoms with Gasteiger partial charge in [0.25, 0.3) is 0 Å². The average Bonchev–Trinajstić information content (AvgIpc) is 2.90. The summed E-state index contributed by atoms with van der Waals surface area (Å²) in [5, 5.41) is 8.08. The molecule has 5 nitrogen and oxygen atoms in total. The monoisotopic (exact) mass is 250 g/mol. The van der Waals surface area contributed by atoms with E-state index in [1.807, 2.05) is 10.9 Å². The number of aromatic nitrogens is 2. The molecule has 100 valence electrons. The Morgan fingerprint density at radius 1 is 1.39 bits per heavy atom. The van der Waals surface area contributed by atoms with E-state index in [0.29, 0.717) is 12.6 Å². The second kappa shape index (κ2) is 5.28. The van der Waals surface area contributed by atoms with E-state index in [-0.39, 0.29) is 0 Å². The highest BCUT2D eigenvalue weighted by Crippen LogP contribution is 2.24. The second-order valence-electron chi connectivity index (χ2n) is 5.33. The largest absolute Gasteiger partial charge is 0.383 e. The zero-order valence-electron chi connectivity index (χ0n) is 11.0. The fourth-order valence-electron chi connectivity index (χ4n) is 2.54. The number of methoxy groups -OCH3 is 1. The Kier molecular flexibility index (Phi) is 3.52. The van der Waals surface area contributed by atoms with Crippen LogP contribution in [0.15, 0.2) is 12.4 Å². The van der Waals surface area contributed by atoms with Crippen LogP contribution >= 0.6 is 0 Å². The molecule has 0 bridgehead atoms. The number of hydrogen-bond donors (Lipinski definition) is 1. The SMILES string of the molecule is COCCn1cc(N2CCC(NC3CC3)C2)cn1. The fraction of sp³-hybridized carbons (Fsp3) is 0.769. The summed E-state index contributed by atoms with van der Waals surface area (Å²) in [6.45, 7) is 3.80. The molecule has 0 aromatic carbocycles. The van der Waals surface area contributed by atoms with Gasteiger partial charge in [0, 0.05) is 38.5 Å². The van der Waals surface area contributed by atoms with Crippen LogP contribution in [0.25, 0.3) is 0 Å². The third-order valence-electron chi connectivity index (χ3n) is 3.75. The first-order chi connectivity index (χ1) is 8.85. The highest BCUT2D eigenvalue weighted by molar-refractivity contribution is 5.43. The Hall–Kier alpha value is -1.07. The molecule has 3 rings (SSSR count). The molecular weight excluding hydrogens is 228 g/mol. The van der Waals surface area contributed by atoms with E-state index in [1.165, 1.54) is 24.9 Å². The van der Waals surface area contributed by atoms with Crippen LogP contribution < -0.4 is 10.2 Å². The van der Waals surface area contributed by atoms with Gasteiger partial charge in [0.15, 0.2) is 0 Å². The zero-order chi connectivity index (χ0) is 12.4. The van der Waals surface area contributed by atoms with Gasteiger partial charge in [-0.25, -0.2) is 0 Å². The van der Waals surface area contributed by atoms with Crippen LogP contribution in [0.3, 0.4) is 0 Å². The third-order valence-corrected chi connectivity index (χ3v) is 3.75. The summed E-state index contributed by atoms with van der Waals surface area (Å²) < 4.78 is 7.02. The lowest BCUT2D eigenvalue weighted by Crippen LogP contribution is -2.33. The highest BCUT2D eigenvalue weighted by Gasteiger charge is 2.29. The van der Waals surface area contributed by atoms with Gasteiger partial charge in [0.2, 0.25) is 0 Å². The second-order valence-corrected chi connectivity index (χ2v) is 5.33. The molecule has 5 heteroatoms. The van der Waals surface area contributed by atoms with E-state index in [2.05, 4.69) is 21.5 Å². The Bertz CT molecular complexity index is 388. The van der Waals surface area contributed by atoms with Crippen LogP contribution in [0.2, 0.25) is 0 Å². The van der Waals surface area contributed by atoms with Crippen LogP contribution in [-0.2, 0) is 11.3 Å². The minimum absolute atomic E-state index is 0.667. The molecule has 1 aliphatic heterocycles. The minimum atomic E-state index is 0.667. The van der Waals surface area contributed by atoms with Gasteiger partial charge in [-0.1, -0.05) is 0 Å². The summed E-state index contributed by atoms with van der Waals surface area (Å²) >= 11 is 0. The summed E-state index contributed by atoms with van der Waals surface area (Å²) in [6.07, 6.45) is 8.07. The third kappa shape index (κ3) is 2.84. The van der Waals surface area contributed by atoms with Crippen LogP contribution in [0, 0.1) is 0 Å². The van der Waals surface area contributed by atoms with Gasteiger partial charge >= 0.3 is 0 Å². The average molecular weight is 250 g/mol. The van der Waals surface area contributed by atoms with Crippen LogP contribution in [0.1, 0.15) is 19.3 Å². The molecule has 18 heavy (non-hydrogen) atoms. The Morgan fingerprint density at radius 2 is 2.28 bits per heavy atom. The predicted octanol–water partition coefficient (Wildman–Crippen LogP) is 0.860. The first-order valence-corrected chi connectivity index (χ1v) is 6.87. The van der Waals surface area contributed by atoms with E-state index < -0.39 is 0 Å². The van der Waals surface area contributed by atoms with Gasteiger partial charge in [-0.3, -0.25) is 4.68 Å². The first kappa shape index (κ1) is 12.0. The smallest absolute Gasteiger partial charge is 0.0753 e. The minimum Gasteiger partial charge on any atom is -0.383 e. The summed E-state index contributed by atoms with van der Waals surface area (Å²) in [6, 6.07) is 1.47. The molecule has 0 amide bonds. The topological polar surface area (TPSA) is 42.3 Å². The number of rotatable bonds is 6. The lowest BCUT2D eigenvalue weighted by Gasteiger charge is -2.16. The lowest BCUT2D eigenvalue weighted by molar-refractivity contribution is 0.183. The molecule has 1 aliphatic carbocycles. The van der Waals surface area contributed by atoms with Crippen molar-refractivity contribution in [2.45, 2.75) is 37.9 Å². The van der Waals surface area contributed by atoms with Crippen molar-refractivity contribution in [2.75, 3.05) is 31.7 Å². The molecule has 1 N–H and O–H groups in total. The van der Waals surface area contributed by atoms with E-state index >= 15 is 0 Å². The molecule has 1 unspecified atom stereocenters. The molecular formula is C13H22N4O. The molecule has 0 radical (unpaired) electrons. The highest BCUT2D eigenvalue weighted by atomic mass is 16.5. The predicted molar refractivity (Wildman–Crippen MR) is 70.9 cm³/mol. The van der Waals surface area contributed by atoms with Gasteiger partial charge < -0.3 is 15.0 Å². The molecule has 0 spiro atoms. The maximum absolute atomic E-state index is 5.06. The van der Waals surface area contributed by atoms with E-state index in [4.69, 9.17) is 4.74 Å². The fourth-order valence-corrected chi connectivity index (χ4v) is 2.54. The van der Waals surface area contributed by atoms with E-state index in [9.17, 15) is 0 Å². The molecule has 1 aromatic heterocycles. The molecule has 2 fully saturated rings. The number of hydrogen-bond acceptors (Lipinski definition) is 4. The van der Waals surface area contributed by atoms with E-state index in [0.717, 1.165) is 25.7 Å². The standard InChI is InChI=1S/C13H22N4O/c1-18-7-6-17-10-13(8-14-17)16-5-4-12(9-16)15-11-2-3-11/h8,10-12,15H,2-7,9H2,1H3. The summed E-state index contributed by atoms with van der Waals surface area (Å²) in [5.74, 6) is 0. The van der Waals surface area contributed by atoms with E-state index in [1.54, 1.807) is 7.11 Å². The number of nitrogens with zero attached hydrogens (tertiary/aromatic N) is 3. The number of anilines is 1. The molecule has 1 aromatic rings. The first-order valence-electron chi connectivity index (χ1n) is 6.87. The summed E-state index contributed by atoms with van der Waals surface area (Å²) in [5.41, 5.74) is 1.24. The van der Waals surface area contributed by atoms with Gasteiger partial charge in [-0.15, -0.1) is 0 Å². The maximum Gasteiger partial charge on any atom is 0.0753 e. The van der Waals surface area contributed by atoms with Crippen molar-refractivity contribution in [2.24, 2.45) is 0 Å². The van der Waals surface area contributed by atoms with Crippen molar-refractivity contribution in [3.63, 3.8) is 0 Å². The Balaban J connectivity index is 1.52. The van der Waals surface area contributed by atoms with Crippen molar-refractivity contribution >= 4 is 5.69 Å². The summed E-state index contributed by atoms with van der Waals surface area (Å²) in [4.78, 5) is 2.43. The van der Waals surface area contributed by atoms with Crippen molar-refractivity contribution < 1.29 is 4.74 Å². The van der Waals surface area contributed by atoms with Crippen LogP contribution in [-0.4, -0.2) is 48.7 Å².